The van der Waals surface area contributed by atoms with Gasteiger partial charge in [0, 0.05) is 0 Å². The summed E-state index contributed by atoms with van der Waals surface area (Å²) in [6, 6.07) is 10.9. The number of rotatable bonds is 9. The Morgan fingerprint density at radius 1 is 1.04 bits per heavy atom. The molecule has 5 nitrogen and oxygen atoms in total. The van der Waals surface area contributed by atoms with Gasteiger partial charge in [-0.2, -0.15) is 0 Å². The molecule has 2 aromatic rings. The van der Waals surface area contributed by atoms with Crippen LogP contribution in [0.4, 0.5) is 4.39 Å². The normalized spacial score (nSPS) is 11.8. The van der Waals surface area contributed by atoms with E-state index < -0.39 is 0 Å². The highest BCUT2D eigenvalue weighted by Crippen LogP contribution is 2.30. The van der Waals surface area contributed by atoms with E-state index >= 15 is 0 Å². The van der Waals surface area contributed by atoms with E-state index in [0.29, 0.717) is 29.8 Å². The Bertz CT molecular complexity index is 746. The highest BCUT2D eigenvalue weighted by molar-refractivity contribution is 5.78. The lowest BCUT2D eigenvalue weighted by Crippen LogP contribution is -2.31. The Morgan fingerprint density at radius 3 is 2.37 bits per heavy atom. The predicted octanol–water partition coefficient (Wildman–Crippen LogP) is 4.13. The number of carbonyl (C=O) groups is 1. The van der Waals surface area contributed by atoms with E-state index in [-0.39, 0.29) is 24.4 Å². The minimum absolute atomic E-state index is 0.150. The number of nitrogens with one attached hydrogen (secondary N) is 1. The molecule has 146 valence electrons. The minimum atomic E-state index is -0.352. The third kappa shape index (κ3) is 6.47. The number of methoxy groups -OCH3 is 1. The number of benzene rings is 2. The number of ether oxygens (including phenoxy) is 3. The second kappa shape index (κ2) is 9.80. The highest BCUT2D eigenvalue weighted by atomic mass is 19.1. The molecule has 0 radical (unpaired) electrons. The van der Waals surface area contributed by atoms with E-state index in [2.05, 4.69) is 19.2 Å². The smallest absolute Gasteiger partial charge is 0.258 e. The summed E-state index contributed by atoms with van der Waals surface area (Å²) in [5.74, 6) is 1.52. The van der Waals surface area contributed by atoms with Crippen molar-refractivity contribution in [3.8, 4) is 17.2 Å². The summed E-state index contributed by atoms with van der Waals surface area (Å²) in [5, 5.41) is 2.86. The molecule has 0 aliphatic heterocycles. The van der Waals surface area contributed by atoms with Crippen LogP contribution < -0.4 is 19.5 Å². The quantitative estimate of drug-likeness (QED) is 0.716. The van der Waals surface area contributed by atoms with Crippen LogP contribution in [0.1, 0.15) is 32.4 Å². The van der Waals surface area contributed by atoms with Crippen LogP contribution in [0, 0.1) is 11.7 Å². The van der Waals surface area contributed by atoms with Gasteiger partial charge in [0.1, 0.15) is 11.6 Å². The Hall–Kier alpha value is -2.76. The Balaban J connectivity index is 1.92. The lowest BCUT2D eigenvalue weighted by atomic mass is 10.1. The zero-order valence-corrected chi connectivity index (χ0v) is 16.1. The van der Waals surface area contributed by atoms with E-state index in [1.54, 1.807) is 7.11 Å². The molecular weight excluding hydrogens is 349 g/mol. The zero-order chi connectivity index (χ0) is 19.8. The summed E-state index contributed by atoms with van der Waals surface area (Å²) < 4.78 is 29.4. The van der Waals surface area contributed by atoms with Gasteiger partial charge in [0.05, 0.1) is 19.8 Å². The van der Waals surface area contributed by atoms with Gasteiger partial charge in [-0.3, -0.25) is 4.79 Å². The molecule has 0 aromatic heterocycles. The van der Waals surface area contributed by atoms with E-state index in [9.17, 15) is 9.18 Å². The van der Waals surface area contributed by atoms with E-state index in [1.165, 1.54) is 24.3 Å². The number of carbonyl (C=O) groups excluding carboxylic acids is 1. The van der Waals surface area contributed by atoms with Gasteiger partial charge in [-0.15, -0.1) is 0 Å². The lowest BCUT2D eigenvalue weighted by molar-refractivity contribution is -0.123. The first-order valence-corrected chi connectivity index (χ1v) is 8.87. The molecule has 0 aliphatic carbocycles. The monoisotopic (exact) mass is 375 g/mol. The van der Waals surface area contributed by atoms with E-state index in [1.807, 2.05) is 25.1 Å². The first-order valence-electron chi connectivity index (χ1n) is 8.87. The molecule has 0 fully saturated rings. The van der Waals surface area contributed by atoms with Crippen molar-refractivity contribution in [1.29, 1.82) is 0 Å². The molecule has 0 heterocycles. The van der Waals surface area contributed by atoms with Gasteiger partial charge < -0.3 is 19.5 Å². The van der Waals surface area contributed by atoms with Crippen LogP contribution in [0.15, 0.2) is 42.5 Å². The summed E-state index contributed by atoms with van der Waals surface area (Å²) in [4.78, 5) is 12.1. The van der Waals surface area contributed by atoms with Gasteiger partial charge in [0.25, 0.3) is 5.91 Å². The third-order valence-electron chi connectivity index (χ3n) is 3.82. The fraction of sp³-hybridized carbons (Fsp3) is 0.381. The number of hydrogen-bond acceptors (Lipinski definition) is 4. The van der Waals surface area contributed by atoms with Crippen molar-refractivity contribution in [1.82, 2.24) is 5.32 Å². The third-order valence-corrected chi connectivity index (χ3v) is 3.82. The van der Waals surface area contributed by atoms with Crippen molar-refractivity contribution < 1.29 is 23.4 Å². The van der Waals surface area contributed by atoms with Gasteiger partial charge in [-0.1, -0.05) is 19.9 Å². The van der Waals surface area contributed by atoms with Crippen LogP contribution in [0.2, 0.25) is 0 Å². The number of halogens is 1. The van der Waals surface area contributed by atoms with Crippen LogP contribution in [-0.4, -0.2) is 26.2 Å². The fourth-order valence-corrected chi connectivity index (χ4v) is 2.38. The Morgan fingerprint density at radius 2 is 1.74 bits per heavy atom. The van der Waals surface area contributed by atoms with Crippen LogP contribution >= 0.6 is 0 Å². The second-order valence-electron chi connectivity index (χ2n) is 6.65. The molecule has 2 aromatic carbocycles. The van der Waals surface area contributed by atoms with Crippen molar-refractivity contribution in [2.24, 2.45) is 5.92 Å². The summed E-state index contributed by atoms with van der Waals surface area (Å²) in [6.45, 7) is 6.48. The van der Waals surface area contributed by atoms with Crippen molar-refractivity contribution in [2.45, 2.75) is 26.8 Å². The lowest BCUT2D eigenvalue weighted by Gasteiger charge is -2.18. The predicted molar refractivity (Wildman–Crippen MR) is 102 cm³/mol. The SMILES string of the molecule is COc1cc(C(C)NC(=O)COc2ccc(F)cc2)ccc1OCC(C)C. The molecule has 0 spiro atoms. The molecule has 0 saturated heterocycles. The number of hydrogen-bond donors (Lipinski definition) is 1. The molecule has 1 atom stereocenters. The van der Waals surface area contributed by atoms with Crippen LogP contribution in [0.3, 0.4) is 0 Å². The van der Waals surface area contributed by atoms with Gasteiger partial charge in [-0.05, 0) is 54.8 Å². The highest BCUT2D eigenvalue weighted by Gasteiger charge is 2.14. The van der Waals surface area contributed by atoms with Crippen LogP contribution in [0.25, 0.3) is 0 Å². The maximum absolute atomic E-state index is 12.9. The molecule has 27 heavy (non-hydrogen) atoms. The summed E-state index contributed by atoms with van der Waals surface area (Å²) >= 11 is 0. The van der Waals surface area contributed by atoms with Crippen LogP contribution in [0.5, 0.6) is 17.2 Å². The second-order valence-corrected chi connectivity index (χ2v) is 6.65. The van der Waals surface area contributed by atoms with Crippen molar-refractivity contribution in [3.05, 3.63) is 53.8 Å². The van der Waals surface area contributed by atoms with Crippen LogP contribution in [-0.2, 0) is 4.79 Å². The Kier molecular flexibility index (Phi) is 7.46. The molecular formula is C21H26FNO4. The molecule has 2 rings (SSSR count). The molecule has 0 saturated carbocycles. The fourth-order valence-electron chi connectivity index (χ4n) is 2.38. The molecule has 1 amide bonds. The average molecular weight is 375 g/mol. The maximum Gasteiger partial charge on any atom is 0.258 e. The van der Waals surface area contributed by atoms with Gasteiger partial charge in [0.2, 0.25) is 0 Å². The average Bonchev–Trinajstić information content (AvgIpc) is 2.65. The van der Waals surface area contributed by atoms with Gasteiger partial charge in [0.15, 0.2) is 18.1 Å². The zero-order valence-electron chi connectivity index (χ0n) is 16.1. The molecule has 1 unspecified atom stereocenters. The first-order chi connectivity index (χ1) is 12.9. The minimum Gasteiger partial charge on any atom is -0.493 e. The summed E-state index contributed by atoms with van der Waals surface area (Å²) in [6.07, 6.45) is 0. The van der Waals surface area contributed by atoms with E-state index in [4.69, 9.17) is 14.2 Å². The Labute approximate surface area is 159 Å². The molecule has 0 bridgehead atoms. The molecule has 1 N–H and O–H groups in total. The van der Waals surface area contributed by atoms with Crippen molar-refractivity contribution in [3.63, 3.8) is 0 Å². The van der Waals surface area contributed by atoms with E-state index in [0.717, 1.165) is 5.56 Å². The van der Waals surface area contributed by atoms with Gasteiger partial charge in [-0.25, -0.2) is 4.39 Å². The number of amides is 1. The first kappa shape index (κ1) is 20.6. The van der Waals surface area contributed by atoms with Crippen molar-refractivity contribution >= 4 is 5.91 Å². The largest absolute Gasteiger partial charge is 0.493 e. The summed E-state index contributed by atoms with van der Waals surface area (Å²) in [7, 11) is 1.58. The van der Waals surface area contributed by atoms with Gasteiger partial charge >= 0.3 is 0 Å². The maximum atomic E-state index is 12.9. The van der Waals surface area contributed by atoms with Crippen molar-refractivity contribution in [2.75, 3.05) is 20.3 Å². The molecule has 0 aliphatic rings. The summed E-state index contributed by atoms with van der Waals surface area (Å²) in [5.41, 5.74) is 0.888. The molecule has 6 heteroatoms. The standard InChI is InChI=1S/C21H26FNO4/c1-14(2)12-27-19-10-5-16(11-20(19)25-4)15(3)23-21(24)13-26-18-8-6-17(22)7-9-18/h5-11,14-15H,12-13H2,1-4H3,(H,23,24). The topological polar surface area (TPSA) is 56.8 Å².